The Balaban J connectivity index is 1.75. The second-order valence-electron chi connectivity index (χ2n) is 7.99. The second-order valence-corrected chi connectivity index (χ2v) is 10.2. The maximum atomic E-state index is 12.1. The molecule has 0 aromatic heterocycles. The average Bonchev–Trinajstić information content (AvgIpc) is 3.08. The van der Waals surface area contributed by atoms with Crippen molar-refractivity contribution in [2.45, 2.75) is 82.6 Å². The molecule has 7 atom stereocenters. The summed E-state index contributed by atoms with van der Waals surface area (Å²) in [6.45, 7) is 8.03. The van der Waals surface area contributed by atoms with Gasteiger partial charge in [0.1, 0.15) is 30.6 Å². The van der Waals surface area contributed by atoms with Gasteiger partial charge in [-0.2, -0.15) is 8.42 Å². The van der Waals surface area contributed by atoms with E-state index in [1.807, 2.05) is 0 Å². The predicted molar refractivity (Wildman–Crippen MR) is 95.5 cm³/mol. The first-order chi connectivity index (χ1) is 12.9. The number of nitrogens with one attached hydrogen (secondary N) is 1. The van der Waals surface area contributed by atoms with E-state index >= 15 is 0 Å². The minimum absolute atomic E-state index is 0.139. The van der Waals surface area contributed by atoms with Gasteiger partial charge < -0.3 is 29.0 Å². The average molecular weight is 423 g/mol. The van der Waals surface area contributed by atoms with Gasteiger partial charge in [-0.15, -0.1) is 0 Å². The topological polar surface area (TPSA) is 119 Å². The molecule has 3 saturated heterocycles. The van der Waals surface area contributed by atoms with E-state index in [1.165, 1.54) is 21.0 Å². The van der Waals surface area contributed by atoms with Crippen molar-refractivity contribution >= 4 is 16.0 Å². The molecule has 0 aromatic rings. The van der Waals surface area contributed by atoms with Crippen molar-refractivity contribution in [3.63, 3.8) is 0 Å². The Morgan fingerprint density at radius 1 is 1.25 bits per heavy atom. The van der Waals surface area contributed by atoms with Crippen LogP contribution in [0.25, 0.3) is 0 Å². The van der Waals surface area contributed by atoms with Crippen LogP contribution >= 0.6 is 0 Å². The first-order valence-corrected chi connectivity index (χ1v) is 10.8. The molecule has 3 fully saturated rings. The van der Waals surface area contributed by atoms with E-state index in [0.29, 0.717) is 0 Å². The quantitative estimate of drug-likeness (QED) is 0.428. The maximum absolute atomic E-state index is 12.1. The smallest absolute Gasteiger partial charge is 0.269 e. The van der Waals surface area contributed by atoms with Crippen LogP contribution in [0.3, 0.4) is 0 Å². The molecule has 3 rings (SSSR count). The highest BCUT2D eigenvalue weighted by atomic mass is 32.2. The fraction of sp³-hybridized carbons (Fsp3) is 0.941. The van der Waals surface area contributed by atoms with Gasteiger partial charge in [0.05, 0.1) is 17.8 Å². The fourth-order valence-electron chi connectivity index (χ4n) is 3.36. The van der Waals surface area contributed by atoms with E-state index in [2.05, 4.69) is 5.32 Å². The van der Waals surface area contributed by atoms with Crippen LogP contribution in [0.1, 0.15) is 34.6 Å². The van der Waals surface area contributed by atoms with Gasteiger partial charge in [0, 0.05) is 7.11 Å². The molecule has 3 aliphatic rings. The Labute approximate surface area is 165 Å². The third kappa shape index (κ3) is 4.20. The highest BCUT2D eigenvalue weighted by Crippen LogP contribution is 2.40. The van der Waals surface area contributed by atoms with Gasteiger partial charge in [-0.3, -0.25) is 8.98 Å². The first-order valence-electron chi connectivity index (χ1n) is 9.33. The molecule has 0 radical (unpaired) electrons. The van der Waals surface area contributed by atoms with Crippen LogP contribution in [0.5, 0.6) is 0 Å². The van der Waals surface area contributed by atoms with Gasteiger partial charge in [0.15, 0.2) is 12.1 Å². The number of ether oxygens (including phenoxy) is 5. The van der Waals surface area contributed by atoms with Crippen LogP contribution in [0, 0.1) is 5.92 Å². The van der Waals surface area contributed by atoms with Crippen molar-refractivity contribution in [3.05, 3.63) is 0 Å². The van der Waals surface area contributed by atoms with E-state index in [0.717, 1.165) is 0 Å². The number of β-lactam (4-membered cyclic amide) rings is 1. The number of rotatable bonds is 8. The monoisotopic (exact) mass is 423 g/mol. The van der Waals surface area contributed by atoms with Crippen molar-refractivity contribution in [1.29, 1.82) is 0 Å². The minimum atomic E-state index is -3.76. The number of carbonyl (C=O) groups excluding carboxylic acids is 1. The van der Waals surface area contributed by atoms with Crippen LogP contribution in [0.4, 0.5) is 0 Å². The summed E-state index contributed by atoms with van der Waals surface area (Å²) in [5.74, 6) is -1.32. The molecule has 1 N–H and O–H groups in total. The van der Waals surface area contributed by atoms with Gasteiger partial charge in [0.25, 0.3) is 10.1 Å². The van der Waals surface area contributed by atoms with Crippen molar-refractivity contribution in [2.75, 3.05) is 13.7 Å². The molecular weight excluding hydrogens is 394 g/mol. The molecule has 0 aliphatic carbocycles. The number of fused-ring (bicyclic) bond motifs is 1. The standard InChI is InChI=1S/C17H29NO9S/c1-8(2)28(20,21)23-7-10(24-15-9(3)14(19)18-15)11-12(22-6)13-16(25-11)27-17(4,5)26-13/h8-13,15-16H,7H2,1-6H3,(H,18,19)/t9-,10+,11+,12-,13+,15-,16+/m0/s1. The lowest BCUT2D eigenvalue weighted by Gasteiger charge is -2.39. The van der Waals surface area contributed by atoms with E-state index < -0.39 is 58.1 Å². The SMILES string of the molecule is CO[C@@H]1[C@H]2OC(C)(C)O[C@H]2O[C@@H]1[C@@H](COS(=O)(=O)C(C)C)O[C@@H]1NC(=O)[C@@H]1C. The molecule has 162 valence electrons. The third-order valence-corrected chi connectivity index (χ3v) is 6.73. The zero-order valence-electron chi connectivity index (χ0n) is 16.9. The summed E-state index contributed by atoms with van der Waals surface area (Å²) in [7, 11) is -2.25. The van der Waals surface area contributed by atoms with Gasteiger partial charge in [-0.05, 0) is 34.6 Å². The second kappa shape index (κ2) is 7.78. The predicted octanol–water partition coefficient (Wildman–Crippen LogP) is 0.110. The molecule has 0 aromatic carbocycles. The molecule has 10 nitrogen and oxygen atoms in total. The van der Waals surface area contributed by atoms with E-state index in [4.69, 9.17) is 27.9 Å². The molecule has 3 heterocycles. The molecule has 0 unspecified atom stereocenters. The lowest BCUT2D eigenvalue weighted by Crippen LogP contribution is -2.61. The van der Waals surface area contributed by atoms with Crippen molar-refractivity contribution < 1.29 is 41.1 Å². The minimum Gasteiger partial charge on any atom is -0.376 e. The summed E-state index contributed by atoms with van der Waals surface area (Å²) in [4.78, 5) is 11.5. The molecule has 11 heteroatoms. The normalized spacial score (nSPS) is 38.2. The van der Waals surface area contributed by atoms with Gasteiger partial charge >= 0.3 is 0 Å². The van der Waals surface area contributed by atoms with E-state index in [-0.39, 0.29) is 18.4 Å². The van der Waals surface area contributed by atoms with Gasteiger partial charge in [0.2, 0.25) is 5.91 Å². The summed E-state index contributed by atoms with van der Waals surface area (Å²) in [5, 5.41) is 1.93. The lowest BCUT2D eigenvalue weighted by molar-refractivity contribution is -0.241. The fourth-order valence-corrected chi connectivity index (χ4v) is 3.96. The van der Waals surface area contributed by atoms with E-state index in [9.17, 15) is 13.2 Å². The van der Waals surface area contributed by atoms with Gasteiger partial charge in [-0.25, -0.2) is 0 Å². The Kier molecular flexibility index (Phi) is 6.08. The van der Waals surface area contributed by atoms with E-state index in [1.54, 1.807) is 20.8 Å². The molecule has 1 amide bonds. The summed E-state index contributed by atoms with van der Waals surface area (Å²) in [6.07, 6.45) is -3.83. The maximum Gasteiger partial charge on any atom is 0.269 e. The summed E-state index contributed by atoms with van der Waals surface area (Å²) in [5.41, 5.74) is 0. The highest BCUT2D eigenvalue weighted by molar-refractivity contribution is 7.87. The number of methoxy groups -OCH3 is 1. The Bertz CT molecular complexity index is 695. The first kappa shape index (κ1) is 21.9. The Morgan fingerprint density at radius 2 is 1.93 bits per heavy atom. The zero-order valence-corrected chi connectivity index (χ0v) is 17.7. The lowest BCUT2D eigenvalue weighted by atomic mass is 10.0. The number of hydrogen-bond acceptors (Lipinski definition) is 9. The van der Waals surface area contributed by atoms with Crippen molar-refractivity contribution in [2.24, 2.45) is 5.92 Å². The highest BCUT2D eigenvalue weighted by Gasteiger charge is 2.58. The molecule has 0 bridgehead atoms. The molecule has 0 spiro atoms. The van der Waals surface area contributed by atoms with Crippen molar-refractivity contribution in [1.82, 2.24) is 5.32 Å². The van der Waals surface area contributed by atoms with Crippen LogP contribution in [-0.2, 0) is 42.8 Å². The summed E-state index contributed by atoms with van der Waals surface area (Å²) < 4.78 is 58.4. The van der Waals surface area contributed by atoms with Crippen LogP contribution in [-0.4, -0.2) is 76.0 Å². The molecule has 3 aliphatic heterocycles. The zero-order chi connectivity index (χ0) is 20.9. The third-order valence-electron chi connectivity index (χ3n) is 5.11. The number of hydrogen-bond donors (Lipinski definition) is 1. The van der Waals surface area contributed by atoms with Crippen LogP contribution in [0.2, 0.25) is 0 Å². The van der Waals surface area contributed by atoms with Gasteiger partial charge in [-0.1, -0.05) is 0 Å². The summed E-state index contributed by atoms with van der Waals surface area (Å²) in [6, 6.07) is 0. The largest absolute Gasteiger partial charge is 0.376 e. The molecular formula is C17H29NO9S. The summed E-state index contributed by atoms with van der Waals surface area (Å²) >= 11 is 0. The van der Waals surface area contributed by atoms with Crippen LogP contribution in [0.15, 0.2) is 0 Å². The Hall–Kier alpha value is -0.820. The Morgan fingerprint density at radius 3 is 2.46 bits per heavy atom. The molecule has 0 saturated carbocycles. The number of amides is 1. The van der Waals surface area contributed by atoms with Crippen LogP contribution < -0.4 is 5.32 Å². The van der Waals surface area contributed by atoms with Crippen molar-refractivity contribution in [3.8, 4) is 0 Å². The molecule has 28 heavy (non-hydrogen) atoms. The number of carbonyl (C=O) groups is 1.